The van der Waals surface area contributed by atoms with E-state index in [0.29, 0.717) is 4.47 Å². The first-order valence-electron chi connectivity index (χ1n) is 5.75. The van der Waals surface area contributed by atoms with Crippen LogP contribution in [0.1, 0.15) is 5.56 Å². The molecule has 1 aromatic rings. The summed E-state index contributed by atoms with van der Waals surface area (Å²) in [5.41, 5.74) is 0.856. The molecule has 112 valence electrons. The summed E-state index contributed by atoms with van der Waals surface area (Å²) in [6.07, 6.45) is 0. The Balaban J connectivity index is 3.28. The summed E-state index contributed by atoms with van der Waals surface area (Å²) in [5, 5.41) is 2.38. The van der Waals surface area contributed by atoms with Crippen LogP contribution in [0.15, 0.2) is 21.5 Å². The summed E-state index contributed by atoms with van der Waals surface area (Å²) >= 11 is 3.30. The van der Waals surface area contributed by atoms with Gasteiger partial charge in [0.1, 0.15) is 10.6 Å². The van der Waals surface area contributed by atoms with Crippen molar-refractivity contribution < 1.29 is 17.9 Å². The van der Waals surface area contributed by atoms with Crippen molar-refractivity contribution in [1.29, 1.82) is 0 Å². The highest BCUT2D eigenvalue weighted by molar-refractivity contribution is 9.10. The summed E-state index contributed by atoms with van der Waals surface area (Å²) in [6, 6.07) is 3.11. The normalized spacial score (nSPS) is 11.5. The Bertz CT molecular complexity index is 616. The van der Waals surface area contributed by atoms with Gasteiger partial charge < -0.3 is 10.1 Å². The lowest BCUT2D eigenvalue weighted by molar-refractivity contribution is -0.120. The van der Waals surface area contributed by atoms with Gasteiger partial charge in [0.25, 0.3) is 0 Å². The van der Waals surface area contributed by atoms with Gasteiger partial charge in [0.15, 0.2) is 0 Å². The number of methoxy groups -OCH3 is 1. The van der Waals surface area contributed by atoms with Crippen LogP contribution in [0.5, 0.6) is 5.75 Å². The van der Waals surface area contributed by atoms with Crippen molar-refractivity contribution >= 4 is 31.9 Å². The Morgan fingerprint density at radius 2 is 2.05 bits per heavy atom. The Labute approximate surface area is 127 Å². The van der Waals surface area contributed by atoms with Crippen molar-refractivity contribution in [2.45, 2.75) is 11.8 Å². The van der Waals surface area contributed by atoms with Gasteiger partial charge in [-0.1, -0.05) is 15.9 Å². The highest BCUT2D eigenvalue weighted by atomic mass is 79.9. The first-order chi connectivity index (χ1) is 9.23. The maximum atomic E-state index is 12.5. The molecule has 1 aromatic carbocycles. The number of ether oxygens (including phenoxy) is 1. The summed E-state index contributed by atoms with van der Waals surface area (Å²) in [5.74, 6) is -0.143. The van der Waals surface area contributed by atoms with E-state index in [1.54, 1.807) is 6.07 Å². The van der Waals surface area contributed by atoms with E-state index in [1.807, 2.05) is 6.92 Å². The van der Waals surface area contributed by atoms with Crippen LogP contribution in [0.25, 0.3) is 0 Å². The second-order valence-electron chi connectivity index (χ2n) is 4.19. The van der Waals surface area contributed by atoms with Crippen LogP contribution in [0, 0.1) is 6.92 Å². The number of carbonyl (C=O) groups excluding carboxylic acids is 1. The molecule has 0 fully saturated rings. The molecule has 0 aliphatic rings. The second-order valence-corrected chi connectivity index (χ2v) is 7.05. The molecule has 0 aliphatic heterocycles. The van der Waals surface area contributed by atoms with Gasteiger partial charge in [-0.15, -0.1) is 0 Å². The van der Waals surface area contributed by atoms with Crippen molar-refractivity contribution in [2.24, 2.45) is 0 Å². The summed E-state index contributed by atoms with van der Waals surface area (Å²) in [7, 11) is 0.390. The fraction of sp³-hybridized carbons (Fsp3) is 0.417. The largest absolute Gasteiger partial charge is 0.495 e. The first-order valence-corrected chi connectivity index (χ1v) is 7.98. The molecular weight excluding hydrogens is 348 g/mol. The van der Waals surface area contributed by atoms with Crippen LogP contribution >= 0.6 is 15.9 Å². The van der Waals surface area contributed by atoms with Crippen molar-refractivity contribution in [3.05, 3.63) is 22.2 Å². The molecule has 0 unspecified atom stereocenters. The fourth-order valence-electron chi connectivity index (χ4n) is 1.53. The lowest BCUT2D eigenvalue weighted by atomic mass is 10.2. The lowest BCUT2D eigenvalue weighted by Crippen LogP contribution is -2.37. The van der Waals surface area contributed by atoms with E-state index in [-0.39, 0.29) is 23.1 Å². The zero-order chi connectivity index (χ0) is 15.5. The number of hydrogen-bond acceptors (Lipinski definition) is 4. The zero-order valence-electron chi connectivity index (χ0n) is 11.7. The van der Waals surface area contributed by atoms with Crippen LogP contribution in [0.3, 0.4) is 0 Å². The average molecular weight is 365 g/mol. The smallest absolute Gasteiger partial charge is 0.247 e. The molecule has 8 heteroatoms. The van der Waals surface area contributed by atoms with E-state index in [4.69, 9.17) is 4.74 Å². The van der Waals surface area contributed by atoms with E-state index in [1.165, 1.54) is 27.3 Å². The molecule has 0 heterocycles. The summed E-state index contributed by atoms with van der Waals surface area (Å²) < 4.78 is 31.7. The van der Waals surface area contributed by atoms with Gasteiger partial charge in [0.05, 0.1) is 13.7 Å². The monoisotopic (exact) mass is 364 g/mol. The number of nitrogens with zero attached hydrogens (tertiary/aromatic N) is 1. The molecule has 0 bridgehead atoms. The minimum Gasteiger partial charge on any atom is -0.495 e. The molecule has 0 aromatic heterocycles. The number of nitrogens with one attached hydrogen (secondary N) is 1. The average Bonchev–Trinajstić information content (AvgIpc) is 2.40. The van der Waals surface area contributed by atoms with Crippen molar-refractivity contribution in [1.82, 2.24) is 9.62 Å². The van der Waals surface area contributed by atoms with Gasteiger partial charge in [-0.3, -0.25) is 4.79 Å². The molecule has 0 aliphatic carbocycles. The topological polar surface area (TPSA) is 75.7 Å². The minimum atomic E-state index is -3.81. The number of sulfonamides is 1. The molecule has 0 spiro atoms. The fourth-order valence-corrected chi connectivity index (χ4v) is 3.31. The Morgan fingerprint density at radius 1 is 1.45 bits per heavy atom. The number of carbonyl (C=O) groups is 1. The quantitative estimate of drug-likeness (QED) is 0.849. The molecule has 0 radical (unpaired) electrons. The number of rotatable bonds is 5. The molecule has 0 saturated carbocycles. The maximum absolute atomic E-state index is 12.5. The maximum Gasteiger partial charge on any atom is 0.247 e. The minimum absolute atomic E-state index is 0.0175. The predicted molar refractivity (Wildman–Crippen MR) is 79.3 cm³/mol. The third-order valence-electron chi connectivity index (χ3n) is 2.78. The molecule has 1 N–H and O–H groups in total. The number of aryl methyl sites for hydroxylation is 1. The SMILES string of the molecule is CNC(=O)CN(C)S(=O)(=O)c1cc(Br)c(C)cc1OC. The molecule has 20 heavy (non-hydrogen) atoms. The Kier molecular flexibility index (Phi) is 5.55. The molecule has 0 atom stereocenters. The highest BCUT2D eigenvalue weighted by Gasteiger charge is 2.27. The molecule has 1 rings (SSSR count). The van der Waals surface area contributed by atoms with Gasteiger partial charge >= 0.3 is 0 Å². The molecule has 1 amide bonds. The van der Waals surface area contributed by atoms with E-state index < -0.39 is 10.0 Å². The first kappa shape index (κ1) is 16.9. The molecular formula is C12H17BrN2O4S. The number of benzene rings is 1. The van der Waals surface area contributed by atoms with E-state index in [2.05, 4.69) is 21.2 Å². The van der Waals surface area contributed by atoms with Crippen LogP contribution in [-0.4, -0.2) is 46.4 Å². The van der Waals surface area contributed by atoms with Gasteiger partial charge in [0.2, 0.25) is 15.9 Å². The van der Waals surface area contributed by atoms with Crippen molar-refractivity contribution in [3.8, 4) is 5.75 Å². The number of amides is 1. The van der Waals surface area contributed by atoms with E-state index in [9.17, 15) is 13.2 Å². The van der Waals surface area contributed by atoms with Crippen molar-refractivity contribution in [3.63, 3.8) is 0 Å². The van der Waals surface area contributed by atoms with Gasteiger partial charge in [0, 0.05) is 18.6 Å². The number of hydrogen-bond donors (Lipinski definition) is 1. The number of halogens is 1. The lowest BCUT2D eigenvalue weighted by Gasteiger charge is -2.18. The van der Waals surface area contributed by atoms with Crippen LogP contribution in [0.4, 0.5) is 0 Å². The molecule has 6 nitrogen and oxygen atoms in total. The third-order valence-corrected chi connectivity index (χ3v) is 5.46. The zero-order valence-corrected chi connectivity index (χ0v) is 14.1. The van der Waals surface area contributed by atoms with Crippen LogP contribution < -0.4 is 10.1 Å². The van der Waals surface area contributed by atoms with Gasteiger partial charge in [-0.05, 0) is 24.6 Å². The standard InChI is InChI=1S/C12H17BrN2O4S/c1-8-5-10(19-4)11(6-9(8)13)20(17,18)15(3)7-12(16)14-2/h5-6H,7H2,1-4H3,(H,14,16). The second kappa shape index (κ2) is 6.55. The predicted octanol–water partition coefficient (Wildman–Crippen LogP) is 1.13. The van der Waals surface area contributed by atoms with Crippen LogP contribution in [-0.2, 0) is 14.8 Å². The van der Waals surface area contributed by atoms with E-state index >= 15 is 0 Å². The summed E-state index contributed by atoms with van der Waals surface area (Å²) in [6.45, 7) is 1.57. The summed E-state index contributed by atoms with van der Waals surface area (Å²) in [4.78, 5) is 11.3. The van der Waals surface area contributed by atoms with E-state index in [0.717, 1.165) is 9.87 Å². The Morgan fingerprint density at radius 3 is 2.55 bits per heavy atom. The van der Waals surface area contributed by atoms with Gasteiger partial charge in [-0.2, -0.15) is 4.31 Å². The van der Waals surface area contributed by atoms with Gasteiger partial charge in [-0.25, -0.2) is 8.42 Å². The van der Waals surface area contributed by atoms with Crippen LogP contribution in [0.2, 0.25) is 0 Å². The highest BCUT2D eigenvalue weighted by Crippen LogP contribution is 2.31. The van der Waals surface area contributed by atoms with Crippen molar-refractivity contribution in [2.75, 3.05) is 27.7 Å². The third kappa shape index (κ3) is 3.50. The Hall–Kier alpha value is -1.12. The molecule has 0 saturated heterocycles. The number of likely N-dealkylation sites (N-methyl/N-ethyl adjacent to an activating group) is 2.